The quantitative estimate of drug-likeness (QED) is 0.754. The van der Waals surface area contributed by atoms with E-state index in [2.05, 4.69) is 18.5 Å². The van der Waals surface area contributed by atoms with E-state index in [4.69, 9.17) is 18.0 Å². The number of rotatable bonds is 7. The van der Waals surface area contributed by atoms with E-state index in [0.29, 0.717) is 23.8 Å². The van der Waals surface area contributed by atoms with Crippen LogP contribution in [0.2, 0.25) is 0 Å². The number of amides is 1. The number of carbonyl (C=O) groups is 1. The van der Waals surface area contributed by atoms with Crippen LogP contribution in [-0.2, 0) is 4.79 Å². The fourth-order valence-electron chi connectivity index (χ4n) is 1.75. The number of nitrogens with two attached hydrogens (primary N) is 1. The average molecular weight is 311 g/mol. The summed E-state index contributed by atoms with van der Waals surface area (Å²) in [5, 5.41) is 2.86. The summed E-state index contributed by atoms with van der Waals surface area (Å²) in [6.07, 6.45) is 2.06. The number of thioether (sulfide) groups is 1. The molecule has 3 N–H and O–H groups in total. The van der Waals surface area contributed by atoms with Crippen molar-refractivity contribution in [1.82, 2.24) is 4.90 Å². The van der Waals surface area contributed by atoms with E-state index >= 15 is 0 Å². The van der Waals surface area contributed by atoms with Gasteiger partial charge in [0.1, 0.15) is 4.99 Å². The molecule has 0 saturated heterocycles. The first-order valence-corrected chi connectivity index (χ1v) is 8.13. The molecule has 0 fully saturated rings. The molecule has 1 amide bonds. The van der Waals surface area contributed by atoms with Crippen LogP contribution in [0.4, 0.5) is 5.69 Å². The van der Waals surface area contributed by atoms with Gasteiger partial charge in [-0.05, 0) is 32.4 Å². The Bertz CT molecular complexity index is 479. The van der Waals surface area contributed by atoms with Gasteiger partial charge in [0.05, 0.1) is 12.2 Å². The highest BCUT2D eigenvalue weighted by Gasteiger charge is 2.14. The summed E-state index contributed by atoms with van der Waals surface area (Å²) >= 11 is 6.75. The highest BCUT2D eigenvalue weighted by Crippen LogP contribution is 2.15. The van der Waals surface area contributed by atoms with Crippen LogP contribution >= 0.6 is 24.0 Å². The van der Waals surface area contributed by atoms with Gasteiger partial charge >= 0.3 is 0 Å². The molecule has 0 aliphatic heterocycles. The second-order valence-corrected chi connectivity index (χ2v) is 6.03. The SMILES string of the molecule is CSCC(C)N(C)CC(=O)Nc1ccccc1C(N)=S. The van der Waals surface area contributed by atoms with Gasteiger partial charge in [-0.15, -0.1) is 0 Å². The van der Waals surface area contributed by atoms with Crippen molar-refractivity contribution in [3.63, 3.8) is 0 Å². The highest BCUT2D eigenvalue weighted by atomic mass is 32.2. The van der Waals surface area contributed by atoms with E-state index in [0.717, 1.165) is 5.75 Å². The van der Waals surface area contributed by atoms with Crippen LogP contribution in [0.1, 0.15) is 12.5 Å². The molecule has 1 aromatic carbocycles. The molecule has 6 heteroatoms. The molecule has 0 spiro atoms. The molecule has 0 radical (unpaired) electrons. The lowest BCUT2D eigenvalue weighted by Gasteiger charge is -2.23. The van der Waals surface area contributed by atoms with Gasteiger partial charge in [0.25, 0.3) is 0 Å². The Balaban J connectivity index is 2.65. The number of carbonyl (C=O) groups excluding carboxylic acids is 1. The third-order valence-electron chi connectivity index (χ3n) is 3.02. The van der Waals surface area contributed by atoms with Crippen molar-refractivity contribution in [3.05, 3.63) is 29.8 Å². The number of thiocarbonyl (C=S) groups is 1. The molecule has 0 aliphatic carbocycles. The predicted molar refractivity (Wildman–Crippen MR) is 91.4 cm³/mol. The van der Waals surface area contributed by atoms with Gasteiger partial charge in [-0.2, -0.15) is 11.8 Å². The summed E-state index contributed by atoms with van der Waals surface area (Å²) in [6.45, 7) is 2.44. The Morgan fingerprint density at radius 2 is 2.15 bits per heavy atom. The average Bonchev–Trinajstić information content (AvgIpc) is 2.39. The zero-order valence-electron chi connectivity index (χ0n) is 12.1. The van der Waals surface area contributed by atoms with Gasteiger partial charge in [0.2, 0.25) is 5.91 Å². The molecule has 0 aliphatic rings. The maximum Gasteiger partial charge on any atom is 0.238 e. The van der Waals surface area contributed by atoms with Crippen molar-refractivity contribution >= 4 is 40.6 Å². The molecule has 20 heavy (non-hydrogen) atoms. The van der Waals surface area contributed by atoms with Crippen molar-refractivity contribution in [1.29, 1.82) is 0 Å². The summed E-state index contributed by atoms with van der Waals surface area (Å²) in [5.41, 5.74) is 7.00. The Morgan fingerprint density at radius 1 is 1.50 bits per heavy atom. The third kappa shape index (κ3) is 5.11. The molecule has 0 saturated carbocycles. The molecular formula is C14H21N3OS2. The number of nitrogens with one attached hydrogen (secondary N) is 1. The Hall–Kier alpha value is -1.11. The van der Waals surface area contributed by atoms with Crippen LogP contribution in [0.15, 0.2) is 24.3 Å². The van der Waals surface area contributed by atoms with E-state index in [1.165, 1.54) is 0 Å². The minimum atomic E-state index is -0.0656. The Morgan fingerprint density at radius 3 is 2.75 bits per heavy atom. The van der Waals surface area contributed by atoms with E-state index < -0.39 is 0 Å². The summed E-state index contributed by atoms with van der Waals surface area (Å²) in [4.78, 5) is 14.4. The maximum atomic E-state index is 12.1. The second kappa shape index (κ2) is 8.24. The van der Waals surface area contributed by atoms with Crippen LogP contribution in [0, 0.1) is 0 Å². The molecule has 0 bridgehead atoms. The zero-order valence-corrected chi connectivity index (χ0v) is 13.7. The van der Waals surface area contributed by atoms with Crippen molar-refractivity contribution in [2.75, 3.05) is 30.9 Å². The predicted octanol–water partition coefficient (Wildman–Crippen LogP) is 1.94. The fourth-order valence-corrected chi connectivity index (χ4v) is 2.66. The molecular weight excluding hydrogens is 290 g/mol. The number of nitrogens with zero attached hydrogens (tertiary/aromatic N) is 1. The molecule has 1 aromatic rings. The van der Waals surface area contributed by atoms with E-state index in [-0.39, 0.29) is 10.9 Å². The van der Waals surface area contributed by atoms with Crippen LogP contribution < -0.4 is 11.1 Å². The fraction of sp³-hybridized carbons (Fsp3) is 0.429. The van der Waals surface area contributed by atoms with Gasteiger partial charge in [-0.3, -0.25) is 9.69 Å². The largest absolute Gasteiger partial charge is 0.389 e. The topological polar surface area (TPSA) is 58.4 Å². The summed E-state index contributed by atoms with van der Waals surface area (Å²) < 4.78 is 0. The highest BCUT2D eigenvalue weighted by molar-refractivity contribution is 7.98. The van der Waals surface area contributed by atoms with Crippen molar-refractivity contribution in [3.8, 4) is 0 Å². The molecule has 0 aromatic heterocycles. The number of hydrogen-bond acceptors (Lipinski definition) is 4. The second-order valence-electron chi connectivity index (χ2n) is 4.68. The molecule has 1 rings (SSSR count). The van der Waals surface area contributed by atoms with Gasteiger partial charge in [-0.25, -0.2) is 0 Å². The van der Waals surface area contributed by atoms with Crippen LogP contribution in [0.25, 0.3) is 0 Å². The van der Waals surface area contributed by atoms with Crippen LogP contribution in [0.5, 0.6) is 0 Å². The molecule has 0 heterocycles. The van der Waals surface area contributed by atoms with Crippen LogP contribution in [-0.4, -0.2) is 47.4 Å². The zero-order chi connectivity index (χ0) is 15.1. The summed E-state index contributed by atoms with van der Waals surface area (Å²) in [7, 11) is 1.94. The summed E-state index contributed by atoms with van der Waals surface area (Å²) in [6, 6.07) is 7.64. The number of hydrogen-bond donors (Lipinski definition) is 2. The lowest BCUT2D eigenvalue weighted by Crippen LogP contribution is -2.37. The summed E-state index contributed by atoms with van der Waals surface area (Å²) in [5.74, 6) is 0.928. The Labute approximate surface area is 130 Å². The monoisotopic (exact) mass is 311 g/mol. The maximum absolute atomic E-state index is 12.1. The standard InChI is InChI=1S/C14H21N3OS2/c1-10(9-20-3)17(2)8-13(18)16-12-7-5-4-6-11(12)14(15)19/h4-7,10H,8-9H2,1-3H3,(H2,15,19)(H,16,18). The molecule has 1 atom stereocenters. The Kier molecular flexibility index (Phi) is 6.98. The number of anilines is 1. The third-order valence-corrected chi connectivity index (χ3v) is 4.06. The number of para-hydroxylation sites is 1. The lowest BCUT2D eigenvalue weighted by molar-refractivity contribution is -0.117. The van der Waals surface area contributed by atoms with Crippen molar-refractivity contribution in [2.45, 2.75) is 13.0 Å². The molecule has 110 valence electrons. The van der Waals surface area contributed by atoms with Crippen molar-refractivity contribution < 1.29 is 4.79 Å². The van der Waals surface area contributed by atoms with Gasteiger partial charge in [-0.1, -0.05) is 24.4 Å². The normalized spacial score (nSPS) is 12.2. The van der Waals surface area contributed by atoms with E-state index in [1.54, 1.807) is 23.9 Å². The molecule has 1 unspecified atom stereocenters. The van der Waals surface area contributed by atoms with Crippen molar-refractivity contribution in [2.24, 2.45) is 5.73 Å². The number of benzene rings is 1. The van der Waals surface area contributed by atoms with E-state index in [9.17, 15) is 4.79 Å². The smallest absolute Gasteiger partial charge is 0.238 e. The van der Waals surface area contributed by atoms with Crippen LogP contribution in [0.3, 0.4) is 0 Å². The van der Waals surface area contributed by atoms with Gasteiger partial charge in [0, 0.05) is 17.4 Å². The minimum Gasteiger partial charge on any atom is -0.389 e. The first kappa shape index (κ1) is 16.9. The van der Waals surface area contributed by atoms with Gasteiger partial charge in [0.15, 0.2) is 0 Å². The first-order valence-electron chi connectivity index (χ1n) is 6.33. The van der Waals surface area contributed by atoms with E-state index in [1.807, 2.05) is 24.1 Å². The first-order chi connectivity index (χ1) is 9.45. The molecule has 4 nitrogen and oxygen atoms in total. The van der Waals surface area contributed by atoms with Gasteiger partial charge < -0.3 is 11.1 Å². The lowest BCUT2D eigenvalue weighted by atomic mass is 10.2. The number of likely N-dealkylation sites (N-methyl/N-ethyl adjacent to an activating group) is 1. The minimum absolute atomic E-state index is 0.0656.